The molecule has 0 heterocycles. The first kappa shape index (κ1) is 7.82. The molecule has 58 valence electrons. The van der Waals surface area contributed by atoms with Crippen molar-refractivity contribution in [2.75, 3.05) is 0 Å². The average Bonchev–Trinajstić information content (AvgIpc) is 1.94. The molecule has 1 aliphatic rings. The van der Waals surface area contributed by atoms with Crippen molar-refractivity contribution in [3.05, 3.63) is 24.3 Å². The van der Waals surface area contributed by atoms with Gasteiger partial charge in [-0.2, -0.15) is 13.8 Å². The largest absolute Gasteiger partial charge is 0.293 e. The van der Waals surface area contributed by atoms with Gasteiger partial charge in [0.25, 0.3) is 5.92 Å². The molecule has 1 aliphatic carbocycles. The van der Waals surface area contributed by atoms with Crippen LogP contribution in [0.25, 0.3) is 0 Å². The summed E-state index contributed by atoms with van der Waals surface area (Å²) in [5.74, 6) is -3.05. The van der Waals surface area contributed by atoms with E-state index in [2.05, 4.69) is 4.99 Å². The first-order valence-corrected chi connectivity index (χ1v) is 2.97. The van der Waals surface area contributed by atoms with Crippen molar-refractivity contribution in [2.24, 2.45) is 4.99 Å². The lowest BCUT2D eigenvalue weighted by Gasteiger charge is -2.17. The molecule has 0 bridgehead atoms. The molecule has 0 aromatic heterocycles. The van der Waals surface area contributed by atoms with Gasteiger partial charge in [-0.3, -0.25) is 0 Å². The summed E-state index contributed by atoms with van der Waals surface area (Å²) in [5, 5.41) is 0. The van der Waals surface area contributed by atoms with Crippen molar-refractivity contribution < 1.29 is 13.6 Å². The second-order valence-corrected chi connectivity index (χ2v) is 2.08. The summed E-state index contributed by atoms with van der Waals surface area (Å²) in [6.07, 6.45) is 5.61. The lowest BCUT2D eigenvalue weighted by molar-refractivity contribution is 0.0411. The number of halogens is 2. The quantitative estimate of drug-likeness (QED) is 0.418. The van der Waals surface area contributed by atoms with Gasteiger partial charge in [0.2, 0.25) is 6.08 Å². The molecule has 11 heavy (non-hydrogen) atoms. The second kappa shape index (κ2) is 2.76. The Kier molecular flexibility index (Phi) is 1.96. The molecule has 4 heteroatoms. The van der Waals surface area contributed by atoms with Crippen LogP contribution in [-0.2, 0) is 4.79 Å². The van der Waals surface area contributed by atoms with Crippen LogP contribution in [0.4, 0.5) is 8.78 Å². The third-order valence-corrected chi connectivity index (χ3v) is 1.31. The number of hydrogen-bond acceptors (Lipinski definition) is 2. The maximum Gasteiger partial charge on any atom is 0.293 e. The smallest absolute Gasteiger partial charge is 0.211 e. The number of carbonyl (C=O) groups excluding carboxylic acids is 1. The fourth-order valence-corrected chi connectivity index (χ4v) is 0.766. The van der Waals surface area contributed by atoms with Crippen molar-refractivity contribution >= 4 is 6.08 Å². The molecule has 0 N–H and O–H groups in total. The Morgan fingerprint density at radius 3 is 2.73 bits per heavy atom. The van der Waals surface area contributed by atoms with Gasteiger partial charge in [0.05, 0.1) is 0 Å². The van der Waals surface area contributed by atoms with Gasteiger partial charge in [-0.05, 0) is 6.08 Å². The molecule has 0 aliphatic heterocycles. The van der Waals surface area contributed by atoms with Crippen LogP contribution < -0.4 is 0 Å². The van der Waals surface area contributed by atoms with Gasteiger partial charge >= 0.3 is 0 Å². The van der Waals surface area contributed by atoms with Gasteiger partial charge in [-0.25, -0.2) is 4.79 Å². The van der Waals surface area contributed by atoms with Gasteiger partial charge in [0, 0.05) is 0 Å². The minimum Gasteiger partial charge on any atom is -0.211 e. The molecule has 0 fully saturated rings. The number of alkyl halides is 2. The van der Waals surface area contributed by atoms with Crippen molar-refractivity contribution in [2.45, 2.75) is 12.0 Å². The van der Waals surface area contributed by atoms with E-state index in [4.69, 9.17) is 0 Å². The Morgan fingerprint density at radius 2 is 2.18 bits per heavy atom. The number of aliphatic imine (C=N–C) groups is 1. The van der Waals surface area contributed by atoms with E-state index >= 15 is 0 Å². The number of isocyanates is 1. The van der Waals surface area contributed by atoms with Crippen molar-refractivity contribution in [1.29, 1.82) is 0 Å². The summed E-state index contributed by atoms with van der Waals surface area (Å²) < 4.78 is 25.3. The standard InChI is InChI=1S/C7H5F2NO/c8-7(9)4-2-1-3-6(7)10-5-11/h1-4,6H. The summed E-state index contributed by atoms with van der Waals surface area (Å²) in [7, 11) is 0. The van der Waals surface area contributed by atoms with Crippen molar-refractivity contribution in [3.63, 3.8) is 0 Å². The predicted octanol–water partition coefficient (Wildman–Crippen LogP) is 1.45. The van der Waals surface area contributed by atoms with Crippen molar-refractivity contribution in [1.82, 2.24) is 0 Å². The highest BCUT2D eigenvalue weighted by Gasteiger charge is 2.36. The maximum atomic E-state index is 12.6. The topological polar surface area (TPSA) is 29.4 Å². The minimum absolute atomic E-state index is 0.707. The second-order valence-electron chi connectivity index (χ2n) is 2.08. The number of hydrogen-bond donors (Lipinski definition) is 0. The summed E-state index contributed by atoms with van der Waals surface area (Å²) in [6, 6.07) is -1.38. The zero-order valence-electron chi connectivity index (χ0n) is 5.50. The SMILES string of the molecule is O=C=NC1C=CC=CC1(F)F. The fraction of sp³-hybridized carbons (Fsp3) is 0.286. The maximum absolute atomic E-state index is 12.6. The molecule has 1 atom stereocenters. The van der Waals surface area contributed by atoms with Gasteiger partial charge in [0.1, 0.15) is 6.04 Å². The fourth-order valence-electron chi connectivity index (χ4n) is 0.766. The van der Waals surface area contributed by atoms with Gasteiger partial charge < -0.3 is 0 Å². The Morgan fingerprint density at radius 1 is 1.45 bits per heavy atom. The highest BCUT2D eigenvalue weighted by Crippen LogP contribution is 2.26. The Balaban J connectivity index is 2.88. The number of rotatable bonds is 1. The number of allylic oxidation sites excluding steroid dienone is 2. The Hall–Kier alpha value is -1.28. The molecule has 1 unspecified atom stereocenters. The molecule has 0 spiro atoms. The monoisotopic (exact) mass is 157 g/mol. The van der Waals surface area contributed by atoms with E-state index in [0.29, 0.717) is 6.08 Å². The van der Waals surface area contributed by atoms with E-state index < -0.39 is 12.0 Å². The zero-order chi connectivity index (χ0) is 8.32. The van der Waals surface area contributed by atoms with Gasteiger partial charge in [-0.15, -0.1) is 0 Å². The van der Waals surface area contributed by atoms with Crippen molar-refractivity contribution in [3.8, 4) is 0 Å². The molecule has 2 nitrogen and oxygen atoms in total. The lowest BCUT2D eigenvalue weighted by atomic mass is 10.1. The summed E-state index contributed by atoms with van der Waals surface area (Å²) >= 11 is 0. The van der Waals surface area contributed by atoms with E-state index in [-0.39, 0.29) is 0 Å². The normalized spacial score (nSPS) is 26.2. The molecule has 0 radical (unpaired) electrons. The van der Waals surface area contributed by atoms with Crippen LogP contribution in [0.1, 0.15) is 0 Å². The van der Waals surface area contributed by atoms with Crippen LogP contribution in [0.5, 0.6) is 0 Å². The van der Waals surface area contributed by atoms with E-state index in [1.165, 1.54) is 12.2 Å². The van der Waals surface area contributed by atoms with E-state index in [1.807, 2.05) is 0 Å². The molecular weight excluding hydrogens is 152 g/mol. The molecule has 0 aromatic carbocycles. The molecule has 0 saturated heterocycles. The summed E-state index contributed by atoms with van der Waals surface area (Å²) in [5.41, 5.74) is 0. The molecular formula is C7H5F2NO. The molecule has 1 rings (SSSR count). The van der Waals surface area contributed by atoms with Crippen LogP contribution in [0.15, 0.2) is 29.3 Å². The first-order chi connectivity index (χ1) is 5.17. The Bertz CT molecular complexity index is 251. The highest BCUT2D eigenvalue weighted by molar-refractivity contribution is 5.36. The van der Waals surface area contributed by atoms with Crippen LogP contribution in [0, 0.1) is 0 Å². The van der Waals surface area contributed by atoms with Crippen LogP contribution >= 0.6 is 0 Å². The van der Waals surface area contributed by atoms with E-state index in [1.54, 1.807) is 0 Å². The summed E-state index contributed by atoms with van der Waals surface area (Å²) in [4.78, 5) is 12.6. The van der Waals surface area contributed by atoms with Gasteiger partial charge in [0.15, 0.2) is 0 Å². The minimum atomic E-state index is -3.05. The highest BCUT2D eigenvalue weighted by atomic mass is 19.3. The van der Waals surface area contributed by atoms with Crippen LogP contribution in [0.3, 0.4) is 0 Å². The van der Waals surface area contributed by atoms with E-state index in [9.17, 15) is 13.6 Å². The molecule has 0 amide bonds. The Labute approximate surface area is 61.9 Å². The van der Waals surface area contributed by atoms with Crippen LogP contribution in [-0.4, -0.2) is 18.0 Å². The third-order valence-electron chi connectivity index (χ3n) is 1.31. The van der Waals surface area contributed by atoms with Crippen LogP contribution in [0.2, 0.25) is 0 Å². The van der Waals surface area contributed by atoms with Gasteiger partial charge in [-0.1, -0.05) is 18.2 Å². The first-order valence-electron chi connectivity index (χ1n) is 2.97. The predicted molar refractivity (Wildman–Crippen MR) is 35.1 cm³/mol. The van der Waals surface area contributed by atoms with E-state index in [0.717, 1.165) is 12.2 Å². The summed E-state index contributed by atoms with van der Waals surface area (Å²) in [6.45, 7) is 0. The molecule has 0 aromatic rings. The number of nitrogens with zero attached hydrogens (tertiary/aromatic N) is 1. The zero-order valence-corrected chi connectivity index (χ0v) is 5.50. The molecule has 0 saturated carbocycles. The average molecular weight is 157 g/mol. The third kappa shape index (κ3) is 1.59. The lowest BCUT2D eigenvalue weighted by Crippen LogP contribution is -2.29.